The molecule has 0 radical (unpaired) electrons. The summed E-state index contributed by atoms with van der Waals surface area (Å²) in [5.41, 5.74) is 7.97. The van der Waals surface area contributed by atoms with Crippen molar-refractivity contribution in [2.75, 3.05) is 0 Å². The molecule has 0 heterocycles. The summed E-state index contributed by atoms with van der Waals surface area (Å²) < 4.78 is 21.6. The van der Waals surface area contributed by atoms with E-state index in [2.05, 4.69) is 68.4 Å². The standard InChI is InChI=1S/C41H35O2P/c1-3-41(4-2)37-20-12-11-19-35(37)36-28-25-31(29-38(36)41)30-23-26-32(27-24-30)43-39-21-13-14-22-40(39)44(42,33-15-7-5-8-16-33)34-17-9-6-10-18-34/h5-29H,3-4H2,1-2H3. The van der Waals surface area contributed by atoms with Gasteiger partial charge in [-0.3, -0.25) is 0 Å². The quantitative estimate of drug-likeness (QED) is 0.165. The van der Waals surface area contributed by atoms with Crippen LogP contribution in [0.2, 0.25) is 0 Å². The van der Waals surface area contributed by atoms with Crippen molar-refractivity contribution in [3.63, 3.8) is 0 Å². The molecule has 1 aliphatic rings. The van der Waals surface area contributed by atoms with Gasteiger partial charge in [0.2, 0.25) is 0 Å². The molecule has 0 bridgehead atoms. The van der Waals surface area contributed by atoms with Crippen molar-refractivity contribution in [1.82, 2.24) is 0 Å². The van der Waals surface area contributed by atoms with Crippen LogP contribution in [-0.4, -0.2) is 0 Å². The lowest BCUT2D eigenvalue weighted by molar-refractivity contribution is 0.486. The Hall–Kier alpha value is -4.65. The van der Waals surface area contributed by atoms with Crippen molar-refractivity contribution in [1.29, 1.82) is 0 Å². The average molecular weight is 591 g/mol. The van der Waals surface area contributed by atoms with Crippen molar-refractivity contribution in [3.8, 4) is 33.8 Å². The lowest BCUT2D eigenvalue weighted by Gasteiger charge is -2.30. The Morgan fingerprint density at radius 2 is 1.09 bits per heavy atom. The number of benzene rings is 6. The topological polar surface area (TPSA) is 26.3 Å². The fourth-order valence-corrected chi connectivity index (χ4v) is 9.76. The van der Waals surface area contributed by atoms with E-state index in [0.717, 1.165) is 29.0 Å². The molecule has 0 unspecified atom stereocenters. The summed E-state index contributed by atoms with van der Waals surface area (Å²) in [4.78, 5) is 0. The Labute approximate surface area is 260 Å². The second-order valence-corrected chi connectivity index (χ2v) is 14.2. The first-order chi connectivity index (χ1) is 21.6. The first-order valence-electron chi connectivity index (χ1n) is 15.4. The number of hydrogen-bond acceptors (Lipinski definition) is 2. The second-order valence-electron chi connectivity index (χ2n) is 11.5. The third-order valence-corrected chi connectivity index (χ3v) is 12.4. The van der Waals surface area contributed by atoms with Gasteiger partial charge in [-0.15, -0.1) is 0 Å². The van der Waals surface area contributed by atoms with Gasteiger partial charge in [-0.25, -0.2) is 0 Å². The molecule has 6 aromatic carbocycles. The fourth-order valence-electron chi connectivity index (χ4n) is 7.00. The predicted molar refractivity (Wildman–Crippen MR) is 185 cm³/mol. The average Bonchev–Trinajstić information content (AvgIpc) is 3.38. The maximum atomic E-state index is 15.1. The highest BCUT2D eigenvalue weighted by atomic mass is 31.2. The molecule has 6 aromatic rings. The van der Waals surface area contributed by atoms with E-state index in [0.29, 0.717) is 16.8 Å². The molecule has 0 N–H and O–H groups in total. The van der Waals surface area contributed by atoms with E-state index in [9.17, 15) is 0 Å². The van der Waals surface area contributed by atoms with Gasteiger partial charge >= 0.3 is 0 Å². The fraction of sp³-hybridized carbons (Fsp3) is 0.122. The summed E-state index contributed by atoms with van der Waals surface area (Å²) in [6, 6.07) is 51.2. The molecule has 0 fully saturated rings. The summed E-state index contributed by atoms with van der Waals surface area (Å²) >= 11 is 0. The summed E-state index contributed by atoms with van der Waals surface area (Å²) in [6.45, 7) is 4.61. The minimum Gasteiger partial charge on any atom is -0.457 e. The van der Waals surface area contributed by atoms with Gasteiger partial charge in [0.15, 0.2) is 7.14 Å². The number of fused-ring (bicyclic) bond motifs is 3. The third kappa shape index (κ3) is 4.53. The molecule has 1 aliphatic carbocycles. The molecular weight excluding hydrogens is 555 g/mol. The van der Waals surface area contributed by atoms with Crippen LogP contribution in [0.25, 0.3) is 22.3 Å². The molecule has 216 valence electrons. The van der Waals surface area contributed by atoms with E-state index >= 15 is 4.57 Å². The SMILES string of the molecule is CCC1(CC)c2ccccc2-c2ccc(-c3ccc(Oc4ccccc4P(=O)(c4ccccc4)c4ccccc4)cc3)cc21. The highest BCUT2D eigenvalue weighted by Gasteiger charge is 2.40. The van der Waals surface area contributed by atoms with Gasteiger partial charge in [0.25, 0.3) is 0 Å². The number of hydrogen-bond donors (Lipinski definition) is 0. The first-order valence-corrected chi connectivity index (χ1v) is 17.1. The van der Waals surface area contributed by atoms with Gasteiger partial charge in [0.1, 0.15) is 11.5 Å². The lowest BCUT2D eigenvalue weighted by atomic mass is 9.73. The molecule has 0 amide bonds. The largest absolute Gasteiger partial charge is 0.457 e. The van der Waals surface area contributed by atoms with Gasteiger partial charge in [-0.05, 0) is 76.6 Å². The molecule has 2 nitrogen and oxygen atoms in total. The highest BCUT2D eigenvalue weighted by molar-refractivity contribution is 7.85. The Morgan fingerprint density at radius 3 is 1.75 bits per heavy atom. The smallest absolute Gasteiger partial charge is 0.174 e. The summed E-state index contributed by atoms with van der Waals surface area (Å²) in [5.74, 6) is 1.31. The molecular formula is C41H35O2P. The molecule has 3 heteroatoms. The van der Waals surface area contributed by atoms with Crippen molar-refractivity contribution in [2.45, 2.75) is 32.1 Å². The van der Waals surface area contributed by atoms with Crippen LogP contribution in [0.3, 0.4) is 0 Å². The van der Waals surface area contributed by atoms with Crippen LogP contribution >= 0.6 is 7.14 Å². The Kier molecular flexibility index (Phi) is 7.32. The van der Waals surface area contributed by atoms with E-state index in [-0.39, 0.29) is 5.41 Å². The predicted octanol–water partition coefficient (Wildman–Crippen LogP) is 9.87. The van der Waals surface area contributed by atoms with Gasteiger partial charge < -0.3 is 9.30 Å². The maximum Gasteiger partial charge on any atom is 0.174 e. The number of para-hydroxylation sites is 1. The Morgan fingerprint density at radius 1 is 0.545 bits per heavy atom. The maximum absolute atomic E-state index is 15.1. The van der Waals surface area contributed by atoms with Gasteiger partial charge in [-0.2, -0.15) is 0 Å². The van der Waals surface area contributed by atoms with E-state index in [1.54, 1.807) is 0 Å². The van der Waals surface area contributed by atoms with Crippen LogP contribution in [0.4, 0.5) is 0 Å². The zero-order valence-electron chi connectivity index (χ0n) is 25.1. The third-order valence-electron chi connectivity index (χ3n) is 9.33. The summed E-state index contributed by atoms with van der Waals surface area (Å²) in [5, 5.41) is 2.26. The van der Waals surface area contributed by atoms with E-state index in [1.807, 2.05) is 97.1 Å². The molecule has 0 spiro atoms. The lowest BCUT2D eigenvalue weighted by Crippen LogP contribution is -2.25. The van der Waals surface area contributed by atoms with Crippen molar-refractivity contribution in [2.24, 2.45) is 0 Å². The zero-order chi connectivity index (χ0) is 30.1. The van der Waals surface area contributed by atoms with Gasteiger partial charge in [0.05, 0.1) is 5.30 Å². The van der Waals surface area contributed by atoms with Crippen LogP contribution < -0.4 is 20.7 Å². The normalized spacial score (nSPS) is 13.2. The zero-order valence-corrected chi connectivity index (χ0v) is 26.0. The van der Waals surface area contributed by atoms with Crippen LogP contribution in [-0.2, 0) is 9.98 Å². The van der Waals surface area contributed by atoms with Crippen LogP contribution in [0, 0.1) is 0 Å². The summed E-state index contributed by atoms with van der Waals surface area (Å²) in [7, 11) is -3.18. The monoisotopic (exact) mass is 590 g/mol. The molecule has 7 rings (SSSR count). The Balaban J connectivity index is 1.23. The van der Waals surface area contributed by atoms with Crippen LogP contribution in [0.15, 0.2) is 152 Å². The first kappa shape index (κ1) is 28.1. The van der Waals surface area contributed by atoms with E-state index in [1.165, 1.54) is 27.8 Å². The Bertz CT molecular complexity index is 1930. The summed E-state index contributed by atoms with van der Waals surface area (Å²) in [6.07, 6.45) is 2.14. The molecule has 0 saturated heterocycles. The van der Waals surface area contributed by atoms with Gasteiger partial charge in [0, 0.05) is 16.0 Å². The molecule has 0 aliphatic heterocycles. The minimum absolute atomic E-state index is 0.0418. The highest BCUT2D eigenvalue weighted by Crippen LogP contribution is 2.53. The van der Waals surface area contributed by atoms with Crippen LogP contribution in [0.5, 0.6) is 11.5 Å². The van der Waals surface area contributed by atoms with Crippen molar-refractivity contribution >= 4 is 23.1 Å². The minimum atomic E-state index is -3.18. The van der Waals surface area contributed by atoms with Gasteiger partial charge in [-0.1, -0.05) is 135 Å². The molecule has 0 saturated carbocycles. The molecule has 0 aromatic heterocycles. The molecule has 44 heavy (non-hydrogen) atoms. The number of rotatable bonds is 8. The second kappa shape index (κ2) is 11.5. The van der Waals surface area contributed by atoms with E-state index < -0.39 is 7.14 Å². The molecule has 0 atom stereocenters. The van der Waals surface area contributed by atoms with Crippen molar-refractivity contribution in [3.05, 3.63) is 163 Å². The van der Waals surface area contributed by atoms with E-state index in [4.69, 9.17) is 4.74 Å². The van der Waals surface area contributed by atoms with Crippen molar-refractivity contribution < 1.29 is 9.30 Å². The van der Waals surface area contributed by atoms with Crippen LogP contribution in [0.1, 0.15) is 37.8 Å². The number of ether oxygens (including phenoxy) is 1.